The minimum Gasteiger partial charge on any atom is -0.497 e. The molecule has 224 valence electrons. The van der Waals surface area contributed by atoms with Gasteiger partial charge < -0.3 is 23.7 Å². The zero-order valence-electron chi connectivity index (χ0n) is 24.1. The van der Waals surface area contributed by atoms with Crippen LogP contribution in [0.15, 0.2) is 112 Å². The Labute approximate surface area is 257 Å². The summed E-state index contributed by atoms with van der Waals surface area (Å²) in [4.78, 5) is 27.0. The van der Waals surface area contributed by atoms with Gasteiger partial charge >= 0.3 is 5.69 Å². The summed E-state index contributed by atoms with van der Waals surface area (Å²) in [5.41, 5.74) is 0.344. The summed E-state index contributed by atoms with van der Waals surface area (Å²) in [6.07, 6.45) is 0.936. The number of nitrogens with zero attached hydrogens (tertiary/aromatic N) is 1. The zero-order chi connectivity index (χ0) is 30.6. The number of aromatic nitrogens is 2. The second-order valence-corrected chi connectivity index (χ2v) is 10.9. The lowest BCUT2D eigenvalue weighted by Crippen LogP contribution is -2.44. The van der Waals surface area contributed by atoms with E-state index >= 15 is 0 Å². The molecule has 0 saturated carbocycles. The first-order valence-electron chi connectivity index (χ1n) is 13.7. The number of ether oxygens (including phenoxy) is 5. The summed E-state index contributed by atoms with van der Waals surface area (Å²) in [5, 5.41) is 0. The summed E-state index contributed by atoms with van der Waals surface area (Å²) in [7, 11) is 4.84. The first kappa shape index (κ1) is 30.5. The van der Waals surface area contributed by atoms with Gasteiger partial charge in [-0.1, -0.05) is 60.7 Å². The summed E-state index contributed by atoms with van der Waals surface area (Å²) >= 11 is 3.21. The number of halogens is 1. The van der Waals surface area contributed by atoms with Crippen molar-refractivity contribution in [2.45, 2.75) is 36.6 Å². The van der Waals surface area contributed by atoms with Crippen LogP contribution in [-0.2, 0) is 19.8 Å². The quantitative estimate of drug-likeness (QED) is 0.177. The van der Waals surface area contributed by atoms with Gasteiger partial charge in [-0.05, 0) is 56.9 Å². The maximum Gasteiger partial charge on any atom is 0.330 e. The molecule has 0 spiro atoms. The largest absolute Gasteiger partial charge is 0.497 e. The van der Waals surface area contributed by atoms with Gasteiger partial charge in [-0.25, -0.2) is 4.79 Å². The van der Waals surface area contributed by atoms with Crippen molar-refractivity contribution < 1.29 is 23.7 Å². The lowest BCUT2D eigenvalue weighted by atomic mass is 9.79. The monoisotopic (exact) mass is 648 g/mol. The number of methoxy groups -OCH3 is 3. The molecule has 1 N–H and O–H groups in total. The smallest absolute Gasteiger partial charge is 0.330 e. The molecule has 4 aromatic rings. The van der Waals surface area contributed by atoms with Crippen molar-refractivity contribution in [2.75, 3.05) is 21.3 Å². The molecule has 43 heavy (non-hydrogen) atoms. The highest BCUT2D eigenvalue weighted by atomic mass is 79.9. The molecule has 1 aliphatic rings. The molecule has 0 aliphatic carbocycles. The molecule has 4 atom stereocenters. The van der Waals surface area contributed by atoms with Crippen molar-refractivity contribution in [1.82, 2.24) is 9.55 Å². The molecule has 0 amide bonds. The van der Waals surface area contributed by atoms with Crippen LogP contribution in [0.5, 0.6) is 11.5 Å². The van der Waals surface area contributed by atoms with Gasteiger partial charge in [0.05, 0.1) is 24.8 Å². The van der Waals surface area contributed by atoms with Crippen LogP contribution in [0.25, 0.3) is 0 Å². The van der Waals surface area contributed by atoms with Crippen molar-refractivity contribution in [3.63, 3.8) is 0 Å². The van der Waals surface area contributed by atoms with E-state index in [9.17, 15) is 9.59 Å². The van der Waals surface area contributed by atoms with Gasteiger partial charge in [0, 0.05) is 19.7 Å². The molecule has 1 aliphatic heterocycles. The molecule has 0 radical (unpaired) electrons. The molecule has 1 aromatic heterocycles. The lowest BCUT2D eigenvalue weighted by Gasteiger charge is -2.40. The van der Waals surface area contributed by atoms with Crippen molar-refractivity contribution in [2.24, 2.45) is 0 Å². The van der Waals surface area contributed by atoms with E-state index in [0.29, 0.717) is 17.9 Å². The summed E-state index contributed by atoms with van der Waals surface area (Å²) in [6, 6.07) is 25.4. The summed E-state index contributed by atoms with van der Waals surface area (Å²) < 4.78 is 32.0. The van der Waals surface area contributed by atoms with Gasteiger partial charge in [-0.15, -0.1) is 6.58 Å². The number of benzene rings is 3. The molecule has 1 unspecified atom stereocenters. The molecule has 1 fully saturated rings. The van der Waals surface area contributed by atoms with Gasteiger partial charge in [-0.3, -0.25) is 14.3 Å². The van der Waals surface area contributed by atoms with Crippen molar-refractivity contribution in [3.8, 4) is 11.5 Å². The van der Waals surface area contributed by atoms with Crippen LogP contribution in [-0.4, -0.2) is 49.2 Å². The fraction of sp³-hybridized carbons (Fsp3) is 0.273. The third-order valence-corrected chi connectivity index (χ3v) is 8.26. The maximum atomic E-state index is 12.7. The van der Waals surface area contributed by atoms with E-state index in [1.54, 1.807) is 27.4 Å². The number of nitrogens with one attached hydrogen (secondary N) is 1. The summed E-state index contributed by atoms with van der Waals surface area (Å²) in [5.74, 6) is 1.42. The topological polar surface area (TPSA) is 101 Å². The maximum absolute atomic E-state index is 12.7. The van der Waals surface area contributed by atoms with Crippen LogP contribution in [0.2, 0.25) is 0 Å². The Balaban J connectivity index is 1.63. The van der Waals surface area contributed by atoms with E-state index in [0.717, 1.165) is 16.7 Å². The van der Waals surface area contributed by atoms with Crippen LogP contribution >= 0.6 is 15.9 Å². The summed E-state index contributed by atoms with van der Waals surface area (Å²) in [6.45, 7) is 4.11. The fourth-order valence-electron chi connectivity index (χ4n) is 5.51. The standard InChI is InChI=1S/C33H33BrN2O7/c1-5-27(30-28(41-4)19-29(42-30)36-20-26(34)31(37)35-32(36)38)43-33(21-9-7-6-8-10-21,22-11-15-24(39-2)16-12-22)23-13-17-25(40-3)18-14-23/h5-18,20,27-30H,1,19H2,2-4H3,(H,35,37,38)/t27?,28-,29+,30+/m0/s1. The first-order valence-corrected chi connectivity index (χ1v) is 14.5. The van der Waals surface area contributed by atoms with E-state index in [2.05, 4.69) is 27.5 Å². The molecule has 5 rings (SSSR count). The van der Waals surface area contributed by atoms with Crippen molar-refractivity contribution in [1.29, 1.82) is 0 Å². The third kappa shape index (κ3) is 5.96. The van der Waals surface area contributed by atoms with E-state index in [-0.39, 0.29) is 4.47 Å². The first-order chi connectivity index (χ1) is 20.8. The zero-order valence-corrected chi connectivity index (χ0v) is 25.7. The highest BCUT2D eigenvalue weighted by Gasteiger charge is 2.46. The Morgan fingerprint density at radius 2 is 1.49 bits per heavy atom. The Hall–Kier alpha value is -3.96. The van der Waals surface area contributed by atoms with Crippen LogP contribution in [0.3, 0.4) is 0 Å². The molecule has 10 heteroatoms. The molecule has 0 bridgehead atoms. The number of H-pyrrole nitrogens is 1. The minimum absolute atomic E-state index is 0.215. The van der Waals surface area contributed by atoms with Gasteiger partial charge in [0.1, 0.15) is 35.5 Å². The normalized spacial score (nSPS) is 19.1. The lowest BCUT2D eigenvalue weighted by molar-refractivity contribution is -0.130. The average molecular weight is 650 g/mol. The Morgan fingerprint density at radius 3 is 2.00 bits per heavy atom. The average Bonchev–Trinajstić information content (AvgIpc) is 3.48. The fourth-order valence-corrected chi connectivity index (χ4v) is 5.83. The molecule has 2 heterocycles. The van der Waals surface area contributed by atoms with E-state index < -0.39 is 41.4 Å². The van der Waals surface area contributed by atoms with Crippen LogP contribution in [0.4, 0.5) is 0 Å². The second-order valence-electron chi connectivity index (χ2n) is 10.0. The highest BCUT2D eigenvalue weighted by Crippen LogP contribution is 2.44. The van der Waals surface area contributed by atoms with E-state index in [1.165, 1.54) is 10.8 Å². The highest BCUT2D eigenvalue weighted by molar-refractivity contribution is 9.10. The van der Waals surface area contributed by atoms with Gasteiger partial charge in [0.15, 0.2) is 0 Å². The SMILES string of the molecule is C=CC(OC(c1ccccc1)(c1ccc(OC)cc1)c1ccc(OC)cc1)[C@H]1O[C@@H](n2cc(Br)c(=O)[nH]c2=O)C[C@@H]1OC. The van der Waals surface area contributed by atoms with Gasteiger partial charge in [0.2, 0.25) is 0 Å². The number of hydrogen-bond acceptors (Lipinski definition) is 7. The molecule has 3 aromatic carbocycles. The van der Waals surface area contributed by atoms with E-state index in [4.69, 9.17) is 23.7 Å². The number of aromatic amines is 1. The Kier molecular flexibility index (Phi) is 9.31. The van der Waals surface area contributed by atoms with Crippen LogP contribution in [0, 0.1) is 0 Å². The van der Waals surface area contributed by atoms with Crippen LogP contribution < -0.4 is 20.7 Å². The molecule has 9 nitrogen and oxygen atoms in total. The minimum atomic E-state index is -1.13. The van der Waals surface area contributed by atoms with Crippen molar-refractivity contribution >= 4 is 15.9 Å². The van der Waals surface area contributed by atoms with Crippen molar-refractivity contribution in [3.05, 3.63) is 140 Å². The van der Waals surface area contributed by atoms with Gasteiger partial charge in [-0.2, -0.15) is 0 Å². The van der Waals surface area contributed by atoms with E-state index in [1.807, 2.05) is 78.9 Å². The van der Waals surface area contributed by atoms with Crippen LogP contribution in [0.1, 0.15) is 29.3 Å². The molecule has 1 saturated heterocycles. The third-order valence-electron chi connectivity index (χ3n) is 7.69. The predicted octanol–water partition coefficient (Wildman–Crippen LogP) is 5.18. The predicted molar refractivity (Wildman–Crippen MR) is 166 cm³/mol. The van der Waals surface area contributed by atoms with Gasteiger partial charge in [0.25, 0.3) is 5.56 Å². The Bertz CT molecular complexity index is 1600. The Morgan fingerprint density at radius 1 is 0.930 bits per heavy atom. The second kappa shape index (κ2) is 13.1. The molecular formula is C33H33BrN2O7. The number of rotatable bonds is 11. The molecular weight excluding hydrogens is 616 g/mol. The number of hydrogen-bond donors (Lipinski definition) is 1.